The Bertz CT molecular complexity index is 746. The van der Waals surface area contributed by atoms with E-state index in [9.17, 15) is 9.59 Å². The molecule has 140 valence electrons. The Balaban J connectivity index is 1.88. The smallest absolute Gasteiger partial charge is 0.307 e. The highest BCUT2D eigenvalue weighted by Crippen LogP contribution is 2.24. The number of benzene rings is 1. The molecule has 0 saturated heterocycles. The number of H-pyrrole nitrogens is 1. The van der Waals surface area contributed by atoms with Crippen LogP contribution in [0.25, 0.3) is 0 Å². The maximum atomic E-state index is 12.2. The van der Waals surface area contributed by atoms with E-state index in [4.69, 9.17) is 4.74 Å². The number of aromatic amines is 1. The summed E-state index contributed by atoms with van der Waals surface area (Å²) in [5.41, 5.74) is 4.73. The second-order valence-electron chi connectivity index (χ2n) is 6.62. The fourth-order valence-electron chi connectivity index (χ4n) is 3.00. The molecular weight excluding hydrogens is 330 g/mol. The number of anilines is 1. The molecule has 1 aromatic carbocycles. The Labute approximate surface area is 154 Å². The third-order valence-corrected chi connectivity index (χ3v) is 4.46. The molecule has 0 aliphatic rings. The van der Waals surface area contributed by atoms with E-state index < -0.39 is 12.1 Å². The lowest BCUT2D eigenvalue weighted by Crippen LogP contribution is -2.30. The van der Waals surface area contributed by atoms with Gasteiger partial charge in [-0.05, 0) is 56.4 Å². The molecule has 2 aromatic rings. The molecule has 0 radical (unpaired) electrons. The van der Waals surface area contributed by atoms with Crippen LogP contribution in [0.4, 0.5) is 5.69 Å². The van der Waals surface area contributed by atoms with Crippen molar-refractivity contribution in [1.29, 1.82) is 0 Å². The predicted octanol–water partition coefficient (Wildman–Crippen LogP) is 3.65. The minimum absolute atomic E-state index is 0.0295. The van der Waals surface area contributed by atoms with Gasteiger partial charge in [0.1, 0.15) is 0 Å². The van der Waals surface area contributed by atoms with Crippen LogP contribution in [0, 0.1) is 13.8 Å². The van der Waals surface area contributed by atoms with E-state index in [1.165, 1.54) is 5.56 Å². The number of hydrogen-bond acceptors (Lipinski definition) is 4. The molecule has 1 aromatic heterocycles. The quantitative estimate of drug-likeness (QED) is 0.741. The van der Waals surface area contributed by atoms with Gasteiger partial charge in [0.15, 0.2) is 6.10 Å². The van der Waals surface area contributed by atoms with Crippen LogP contribution in [-0.4, -0.2) is 28.2 Å². The van der Waals surface area contributed by atoms with Crippen molar-refractivity contribution < 1.29 is 14.3 Å². The van der Waals surface area contributed by atoms with Gasteiger partial charge in [-0.25, -0.2) is 0 Å². The second kappa shape index (κ2) is 8.65. The van der Waals surface area contributed by atoms with Crippen LogP contribution < -0.4 is 5.32 Å². The number of carbonyl (C=O) groups is 2. The molecule has 6 nitrogen and oxygen atoms in total. The fourth-order valence-corrected chi connectivity index (χ4v) is 3.00. The van der Waals surface area contributed by atoms with Crippen LogP contribution in [0.2, 0.25) is 0 Å². The van der Waals surface area contributed by atoms with E-state index in [1.807, 2.05) is 45.0 Å². The summed E-state index contributed by atoms with van der Waals surface area (Å²) in [5, 5.41) is 9.84. The largest absolute Gasteiger partial charge is 0.453 e. The second-order valence-corrected chi connectivity index (χ2v) is 6.62. The van der Waals surface area contributed by atoms with Crippen molar-refractivity contribution in [3.8, 4) is 0 Å². The molecule has 2 rings (SSSR count). The first-order valence-electron chi connectivity index (χ1n) is 8.92. The van der Waals surface area contributed by atoms with Crippen molar-refractivity contribution in [2.45, 2.75) is 59.5 Å². The average molecular weight is 357 g/mol. The van der Waals surface area contributed by atoms with Gasteiger partial charge in [-0.15, -0.1) is 0 Å². The molecule has 26 heavy (non-hydrogen) atoms. The summed E-state index contributed by atoms with van der Waals surface area (Å²) in [6, 6.07) is 7.61. The zero-order valence-corrected chi connectivity index (χ0v) is 16.1. The summed E-state index contributed by atoms with van der Waals surface area (Å²) >= 11 is 0. The summed E-state index contributed by atoms with van der Waals surface area (Å²) in [7, 11) is 0. The topological polar surface area (TPSA) is 84.1 Å². The Morgan fingerprint density at radius 2 is 1.85 bits per heavy atom. The lowest BCUT2D eigenvalue weighted by atomic mass is 9.96. The summed E-state index contributed by atoms with van der Waals surface area (Å²) in [6.07, 6.45) is 0.284. The molecular formula is C20H27N3O3. The van der Waals surface area contributed by atoms with Gasteiger partial charge in [0.25, 0.3) is 5.91 Å². The molecule has 1 heterocycles. The molecule has 0 aliphatic heterocycles. The van der Waals surface area contributed by atoms with Gasteiger partial charge in [-0.2, -0.15) is 5.10 Å². The first-order valence-corrected chi connectivity index (χ1v) is 8.92. The predicted molar refractivity (Wildman–Crippen MR) is 101 cm³/mol. The molecule has 6 heteroatoms. The first kappa shape index (κ1) is 19.7. The highest BCUT2D eigenvalue weighted by molar-refractivity contribution is 5.95. The van der Waals surface area contributed by atoms with E-state index in [0.29, 0.717) is 5.69 Å². The number of aromatic nitrogens is 2. The number of hydrogen-bond donors (Lipinski definition) is 2. The van der Waals surface area contributed by atoms with Gasteiger partial charge < -0.3 is 10.1 Å². The monoisotopic (exact) mass is 357 g/mol. The Kier molecular flexibility index (Phi) is 6.55. The third kappa shape index (κ3) is 4.94. The standard InChI is InChI=1S/C20H27N3O3/c1-6-16-7-9-17(10-8-16)21-20(25)15(5)26-18(24)11-12(2)19-13(3)22-23-14(19)4/h7-10,12,15H,6,11H2,1-5H3,(H,21,25)(H,22,23)/t12-,15-/m1/s1. The van der Waals surface area contributed by atoms with Crippen LogP contribution in [0.3, 0.4) is 0 Å². The lowest BCUT2D eigenvalue weighted by Gasteiger charge is -2.16. The Hall–Kier alpha value is -2.63. The van der Waals surface area contributed by atoms with Gasteiger partial charge in [0.2, 0.25) is 0 Å². The van der Waals surface area contributed by atoms with Crippen LogP contribution in [-0.2, 0) is 20.7 Å². The van der Waals surface area contributed by atoms with Gasteiger partial charge in [-0.3, -0.25) is 14.7 Å². The number of nitrogens with one attached hydrogen (secondary N) is 2. The minimum Gasteiger partial charge on any atom is -0.453 e. The van der Waals surface area contributed by atoms with Gasteiger partial charge >= 0.3 is 5.97 Å². The van der Waals surface area contributed by atoms with Crippen molar-refractivity contribution in [2.24, 2.45) is 0 Å². The van der Waals surface area contributed by atoms with Crippen molar-refractivity contribution in [3.05, 3.63) is 46.8 Å². The van der Waals surface area contributed by atoms with Crippen molar-refractivity contribution in [2.75, 3.05) is 5.32 Å². The molecule has 0 spiro atoms. The number of nitrogens with zero attached hydrogens (tertiary/aromatic N) is 1. The van der Waals surface area contributed by atoms with E-state index in [0.717, 1.165) is 23.4 Å². The SMILES string of the molecule is CCc1ccc(NC(=O)[C@@H](C)OC(=O)C[C@@H](C)c2c(C)n[nH]c2C)cc1. The van der Waals surface area contributed by atoms with Crippen LogP contribution >= 0.6 is 0 Å². The van der Waals surface area contributed by atoms with Gasteiger partial charge in [0.05, 0.1) is 12.1 Å². The van der Waals surface area contributed by atoms with Crippen LogP contribution in [0.5, 0.6) is 0 Å². The summed E-state index contributed by atoms with van der Waals surface area (Å²) in [5.74, 6) is -0.773. The molecule has 2 N–H and O–H groups in total. The molecule has 2 atom stereocenters. The molecule has 0 unspecified atom stereocenters. The van der Waals surface area contributed by atoms with Gasteiger partial charge in [0, 0.05) is 11.4 Å². The maximum absolute atomic E-state index is 12.2. The molecule has 1 amide bonds. The highest BCUT2D eigenvalue weighted by Gasteiger charge is 2.22. The molecule has 0 fully saturated rings. The fraction of sp³-hybridized carbons (Fsp3) is 0.450. The van der Waals surface area contributed by atoms with E-state index in [1.54, 1.807) is 6.92 Å². The van der Waals surface area contributed by atoms with Crippen LogP contribution in [0.15, 0.2) is 24.3 Å². The van der Waals surface area contributed by atoms with Crippen LogP contribution in [0.1, 0.15) is 55.6 Å². The third-order valence-electron chi connectivity index (χ3n) is 4.46. The normalized spacial score (nSPS) is 13.1. The zero-order valence-electron chi connectivity index (χ0n) is 16.1. The molecule has 0 aliphatic carbocycles. The van der Waals surface area contributed by atoms with Gasteiger partial charge in [-0.1, -0.05) is 26.0 Å². The molecule has 0 bridgehead atoms. The number of aryl methyl sites for hydroxylation is 3. The highest BCUT2D eigenvalue weighted by atomic mass is 16.5. The molecule has 0 saturated carbocycles. The van der Waals surface area contributed by atoms with Crippen molar-refractivity contribution in [1.82, 2.24) is 10.2 Å². The van der Waals surface area contributed by atoms with E-state index in [2.05, 4.69) is 22.4 Å². The maximum Gasteiger partial charge on any atom is 0.307 e. The first-order chi connectivity index (χ1) is 12.3. The number of esters is 1. The van der Waals surface area contributed by atoms with Crippen molar-refractivity contribution >= 4 is 17.6 Å². The van der Waals surface area contributed by atoms with E-state index in [-0.39, 0.29) is 18.2 Å². The summed E-state index contributed by atoms with van der Waals surface area (Å²) in [6.45, 7) is 9.43. The summed E-state index contributed by atoms with van der Waals surface area (Å²) in [4.78, 5) is 24.4. The number of amides is 1. The Morgan fingerprint density at radius 3 is 2.38 bits per heavy atom. The minimum atomic E-state index is -0.855. The number of carbonyl (C=O) groups excluding carboxylic acids is 2. The number of ether oxygens (including phenoxy) is 1. The zero-order chi connectivity index (χ0) is 19.3. The number of rotatable bonds is 7. The average Bonchev–Trinajstić information content (AvgIpc) is 2.93. The summed E-state index contributed by atoms with van der Waals surface area (Å²) < 4.78 is 5.30. The van der Waals surface area contributed by atoms with Crippen molar-refractivity contribution in [3.63, 3.8) is 0 Å². The lowest BCUT2D eigenvalue weighted by molar-refractivity contribution is -0.153. The Morgan fingerprint density at radius 1 is 1.19 bits per heavy atom. The van der Waals surface area contributed by atoms with E-state index >= 15 is 0 Å².